The minimum Gasteiger partial charge on any atom is -0.397 e. The fourth-order valence-corrected chi connectivity index (χ4v) is 2.71. The van der Waals surface area contributed by atoms with E-state index in [1.165, 1.54) is 32.1 Å². The van der Waals surface area contributed by atoms with Crippen LogP contribution in [0.4, 0.5) is 11.4 Å². The van der Waals surface area contributed by atoms with Crippen molar-refractivity contribution in [2.75, 3.05) is 11.1 Å². The van der Waals surface area contributed by atoms with E-state index in [9.17, 15) is 0 Å². The third kappa shape index (κ3) is 2.76. The summed E-state index contributed by atoms with van der Waals surface area (Å²) < 4.78 is 5.16. The highest BCUT2D eigenvalue weighted by molar-refractivity contribution is 5.73. The van der Waals surface area contributed by atoms with Gasteiger partial charge in [0, 0.05) is 11.6 Å². The van der Waals surface area contributed by atoms with Crippen molar-refractivity contribution in [1.82, 2.24) is 10.1 Å². The highest BCUT2D eigenvalue weighted by atomic mass is 16.5. The molecule has 0 amide bonds. The summed E-state index contributed by atoms with van der Waals surface area (Å²) in [5, 5.41) is 7.34. The van der Waals surface area contributed by atoms with Crippen LogP contribution in [0.3, 0.4) is 0 Å². The highest BCUT2D eigenvalue weighted by Crippen LogP contribution is 2.28. The van der Waals surface area contributed by atoms with Gasteiger partial charge in [0.15, 0.2) is 5.82 Å². The van der Waals surface area contributed by atoms with E-state index in [-0.39, 0.29) is 0 Å². The Morgan fingerprint density at radius 3 is 2.70 bits per heavy atom. The number of aromatic nitrogens is 2. The van der Waals surface area contributed by atoms with Crippen LogP contribution < -0.4 is 11.1 Å². The van der Waals surface area contributed by atoms with E-state index in [4.69, 9.17) is 10.3 Å². The molecule has 0 radical (unpaired) electrons. The first kappa shape index (κ1) is 13.0. The predicted octanol–water partition coefficient (Wildman–Crippen LogP) is 3.37. The molecule has 106 valence electrons. The molecular formula is C15H20N4O. The molecule has 0 spiro atoms. The van der Waals surface area contributed by atoms with Gasteiger partial charge in [0.25, 0.3) is 5.89 Å². The summed E-state index contributed by atoms with van der Waals surface area (Å²) in [6.45, 7) is 1.80. The van der Waals surface area contributed by atoms with Crippen molar-refractivity contribution < 1.29 is 4.52 Å². The Morgan fingerprint density at radius 2 is 2.05 bits per heavy atom. The summed E-state index contributed by atoms with van der Waals surface area (Å²) in [5.74, 6) is 1.14. The lowest BCUT2D eigenvalue weighted by Gasteiger charge is -2.24. The van der Waals surface area contributed by atoms with Crippen molar-refractivity contribution in [3.05, 3.63) is 24.0 Å². The first-order valence-electron chi connectivity index (χ1n) is 7.19. The van der Waals surface area contributed by atoms with Crippen LogP contribution in [0.2, 0.25) is 0 Å². The van der Waals surface area contributed by atoms with E-state index in [0.29, 0.717) is 17.8 Å². The lowest BCUT2D eigenvalue weighted by molar-refractivity contribution is 0.425. The third-order valence-electron chi connectivity index (χ3n) is 3.79. The SMILES string of the molecule is Cc1noc(-c2ccc(NC3CCCCC3)c(N)c2)n1. The van der Waals surface area contributed by atoms with Crippen molar-refractivity contribution in [3.63, 3.8) is 0 Å². The fraction of sp³-hybridized carbons (Fsp3) is 0.467. The van der Waals surface area contributed by atoms with Crippen LogP contribution in [-0.4, -0.2) is 16.2 Å². The molecule has 5 nitrogen and oxygen atoms in total. The van der Waals surface area contributed by atoms with Gasteiger partial charge >= 0.3 is 0 Å². The predicted molar refractivity (Wildman–Crippen MR) is 79.4 cm³/mol. The third-order valence-corrected chi connectivity index (χ3v) is 3.79. The zero-order valence-electron chi connectivity index (χ0n) is 11.7. The Morgan fingerprint density at radius 1 is 1.25 bits per heavy atom. The maximum atomic E-state index is 6.13. The average molecular weight is 272 g/mol. The first-order chi connectivity index (χ1) is 9.72. The van der Waals surface area contributed by atoms with Gasteiger partial charge in [0.05, 0.1) is 11.4 Å². The molecule has 1 fully saturated rings. The number of nitrogens with two attached hydrogens (primary N) is 1. The van der Waals surface area contributed by atoms with Gasteiger partial charge in [0.2, 0.25) is 0 Å². The lowest BCUT2D eigenvalue weighted by Crippen LogP contribution is -2.22. The smallest absolute Gasteiger partial charge is 0.257 e. The van der Waals surface area contributed by atoms with E-state index in [1.807, 2.05) is 18.2 Å². The van der Waals surface area contributed by atoms with E-state index >= 15 is 0 Å². The summed E-state index contributed by atoms with van der Waals surface area (Å²) in [4.78, 5) is 4.21. The molecule has 0 aliphatic heterocycles. The summed E-state index contributed by atoms with van der Waals surface area (Å²) in [5.41, 5.74) is 8.71. The summed E-state index contributed by atoms with van der Waals surface area (Å²) in [6, 6.07) is 6.40. The number of anilines is 2. The number of rotatable bonds is 3. The van der Waals surface area contributed by atoms with Gasteiger partial charge in [-0.15, -0.1) is 0 Å². The molecule has 1 saturated carbocycles. The molecule has 1 heterocycles. The van der Waals surface area contributed by atoms with Gasteiger partial charge in [-0.1, -0.05) is 24.4 Å². The van der Waals surface area contributed by atoms with Gasteiger partial charge in [-0.3, -0.25) is 0 Å². The second kappa shape index (κ2) is 5.53. The molecule has 2 aromatic rings. The van der Waals surface area contributed by atoms with Crippen LogP contribution in [0.15, 0.2) is 22.7 Å². The van der Waals surface area contributed by atoms with E-state index in [1.54, 1.807) is 6.92 Å². The van der Waals surface area contributed by atoms with Crippen LogP contribution >= 0.6 is 0 Å². The Hall–Kier alpha value is -2.04. The monoisotopic (exact) mass is 272 g/mol. The quantitative estimate of drug-likeness (QED) is 0.838. The van der Waals surface area contributed by atoms with E-state index in [0.717, 1.165) is 16.9 Å². The second-order valence-electron chi connectivity index (χ2n) is 5.43. The molecule has 1 aromatic heterocycles. The second-order valence-corrected chi connectivity index (χ2v) is 5.43. The van der Waals surface area contributed by atoms with Gasteiger partial charge in [-0.05, 0) is 38.0 Å². The lowest BCUT2D eigenvalue weighted by atomic mass is 9.95. The van der Waals surface area contributed by atoms with Crippen molar-refractivity contribution in [2.45, 2.75) is 45.1 Å². The summed E-state index contributed by atoms with van der Waals surface area (Å²) in [6.07, 6.45) is 6.41. The normalized spacial score (nSPS) is 16.2. The Labute approximate surface area is 118 Å². The largest absolute Gasteiger partial charge is 0.397 e. The minimum atomic E-state index is 0.512. The number of nitrogens with zero attached hydrogens (tertiary/aromatic N) is 2. The standard InChI is InChI=1S/C15H20N4O/c1-10-17-15(20-19-10)11-7-8-14(13(16)9-11)18-12-5-3-2-4-6-12/h7-9,12,18H,2-6,16H2,1H3. The maximum Gasteiger partial charge on any atom is 0.257 e. The number of aryl methyl sites for hydroxylation is 1. The molecule has 1 aliphatic rings. The molecule has 0 saturated heterocycles. The molecule has 0 atom stereocenters. The number of hydrogen-bond acceptors (Lipinski definition) is 5. The van der Waals surface area contributed by atoms with E-state index in [2.05, 4.69) is 15.5 Å². The average Bonchev–Trinajstić information content (AvgIpc) is 2.89. The Balaban J connectivity index is 1.76. The van der Waals surface area contributed by atoms with Crippen LogP contribution in [0.5, 0.6) is 0 Å². The maximum absolute atomic E-state index is 6.13. The Kier molecular flexibility index (Phi) is 3.58. The fourth-order valence-electron chi connectivity index (χ4n) is 2.71. The number of nitrogens with one attached hydrogen (secondary N) is 1. The van der Waals surface area contributed by atoms with Crippen molar-refractivity contribution in [1.29, 1.82) is 0 Å². The van der Waals surface area contributed by atoms with Gasteiger partial charge in [0.1, 0.15) is 0 Å². The Bertz CT molecular complexity index is 587. The summed E-state index contributed by atoms with van der Waals surface area (Å²) in [7, 11) is 0. The first-order valence-corrected chi connectivity index (χ1v) is 7.19. The van der Waals surface area contributed by atoms with Gasteiger partial charge in [-0.25, -0.2) is 0 Å². The molecule has 3 rings (SSSR count). The highest BCUT2D eigenvalue weighted by Gasteiger charge is 2.15. The van der Waals surface area contributed by atoms with Crippen LogP contribution in [0, 0.1) is 6.92 Å². The number of hydrogen-bond donors (Lipinski definition) is 2. The van der Waals surface area contributed by atoms with Crippen LogP contribution in [-0.2, 0) is 0 Å². The topological polar surface area (TPSA) is 77.0 Å². The molecule has 0 bridgehead atoms. The molecule has 0 unspecified atom stereocenters. The van der Waals surface area contributed by atoms with E-state index < -0.39 is 0 Å². The minimum absolute atomic E-state index is 0.512. The van der Waals surface area contributed by atoms with Gasteiger partial charge < -0.3 is 15.6 Å². The number of benzene rings is 1. The van der Waals surface area contributed by atoms with Crippen LogP contribution in [0.25, 0.3) is 11.5 Å². The zero-order valence-corrected chi connectivity index (χ0v) is 11.7. The number of nitrogen functional groups attached to an aromatic ring is 1. The van der Waals surface area contributed by atoms with Crippen molar-refractivity contribution in [2.24, 2.45) is 0 Å². The molecule has 20 heavy (non-hydrogen) atoms. The molecular weight excluding hydrogens is 252 g/mol. The molecule has 1 aliphatic carbocycles. The van der Waals surface area contributed by atoms with Gasteiger partial charge in [-0.2, -0.15) is 4.98 Å². The molecule has 1 aromatic carbocycles. The molecule has 5 heteroatoms. The summed E-state index contributed by atoms with van der Waals surface area (Å²) >= 11 is 0. The van der Waals surface area contributed by atoms with Crippen molar-refractivity contribution >= 4 is 11.4 Å². The molecule has 3 N–H and O–H groups in total. The van der Waals surface area contributed by atoms with Crippen LogP contribution in [0.1, 0.15) is 37.9 Å². The zero-order chi connectivity index (χ0) is 13.9. The van der Waals surface area contributed by atoms with Crippen molar-refractivity contribution in [3.8, 4) is 11.5 Å².